The van der Waals surface area contributed by atoms with Crippen LogP contribution in [0.3, 0.4) is 0 Å². The Labute approximate surface area is 175 Å². The minimum absolute atomic E-state index is 0.131. The zero-order valence-electron chi connectivity index (χ0n) is 16.8. The molecule has 7 nitrogen and oxygen atoms in total. The van der Waals surface area contributed by atoms with Crippen LogP contribution < -0.4 is 10.0 Å². The number of amides is 1. The third-order valence-electron chi connectivity index (χ3n) is 5.76. The maximum absolute atomic E-state index is 12.5. The topological polar surface area (TPSA) is 113 Å². The summed E-state index contributed by atoms with van der Waals surface area (Å²) in [4.78, 5) is 23.8. The third kappa shape index (κ3) is 3.92. The van der Waals surface area contributed by atoms with Crippen LogP contribution >= 0.6 is 0 Å². The average Bonchev–Trinajstić information content (AvgIpc) is 3.52. The molecular formula is C22H24N2O5S. The number of carboxylic acids is 1. The van der Waals surface area contributed by atoms with E-state index in [1.54, 1.807) is 36.4 Å². The quantitative estimate of drug-likeness (QED) is 0.673. The first kappa shape index (κ1) is 20.4. The summed E-state index contributed by atoms with van der Waals surface area (Å²) in [6, 6.07) is 11.9. The van der Waals surface area contributed by atoms with E-state index in [0.717, 1.165) is 16.8 Å². The van der Waals surface area contributed by atoms with E-state index in [4.69, 9.17) is 0 Å². The van der Waals surface area contributed by atoms with E-state index in [2.05, 4.69) is 23.9 Å². The number of fused-ring (bicyclic) bond motifs is 1. The van der Waals surface area contributed by atoms with Crippen molar-refractivity contribution in [2.45, 2.75) is 44.4 Å². The molecule has 2 aromatic carbocycles. The minimum atomic E-state index is -3.61. The Morgan fingerprint density at radius 1 is 1.10 bits per heavy atom. The molecule has 1 atom stereocenters. The molecule has 8 heteroatoms. The molecule has 4 rings (SSSR count). The molecule has 0 bridgehead atoms. The van der Waals surface area contributed by atoms with Gasteiger partial charge in [0.15, 0.2) is 0 Å². The van der Waals surface area contributed by atoms with Crippen molar-refractivity contribution in [3.63, 3.8) is 0 Å². The average molecular weight is 429 g/mol. The van der Waals surface area contributed by atoms with Crippen molar-refractivity contribution in [1.82, 2.24) is 4.72 Å². The van der Waals surface area contributed by atoms with Crippen LogP contribution in [0.25, 0.3) is 0 Å². The van der Waals surface area contributed by atoms with Gasteiger partial charge in [0, 0.05) is 11.3 Å². The Morgan fingerprint density at radius 2 is 1.83 bits per heavy atom. The van der Waals surface area contributed by atoms with Gasteiger partial charge in [0.25, 0.3) is 5.91 Å². The number of hydrogen-bond donors (Lipinski definition) is 3. The maximum atomic E-state index is 12.5. The van der Waals surface area contributed by atoms with Gasteiger partial charge in [-0.05, 0) is 66.1 Å². The molecule has 1 amide bonds. The fraction of sp³-hybridized carbons (Fsp3) is 0.364. The summed E-state index contributed by atoms with van der Waals surface area (Å²) in [6.07, 6.45) is 1.84. The molecule has 30 heavy (non-hydrogen) atoms. The molecule has 0 radical (unpaired) electrons. The summed E-state index contributed by atoms with van der Waals surface area (Å²) in [5, 5.41) is 12.3. The van der Waals surface area contributed by atoms with Crippen molar-refractivity contribution >= 4 is 27.6 Å². The van der Waals surface area contributed by atoms with Crippen LogP contribution in [0.4, 0.5) is 5.69 Å². The van der Waals surface area contributed by atoms with E-state index in [-0.39, 0.29) is 17.0 Å². The number of hydrogen-bond acceptors (Lipinski definition) is 5. The maximum Gasteiger partial charge on any atom is 0.335 e. The number of nitrogens with one attached hydrogen (secondary N) is 2. The van der Waals surface area contributed by atoms with E-state index in [1.165, 1.54) is 0 Å². The van der Waals surface area contributed by atoms with Gasteiger partial charge in [0.1, 0.15) is 0 Å². The molecule has 1 fully saturated rings. The van der Waals surface area contributed by atoms with Crippen LogP contribution in [0.2, 0.25) is 0 Å². The summed E-state index contributed by atoms with van der Waals surface area (Å²) in [7, 11) is -3.61. The lowest BCUT2D eigenvalue weighted by Crippen LogP contribution is -2.36. The second-order valence-corrected chi connectivity index (χ2v) is 10.7. The normalized spacial score (nSPS) is 20.0. The molecule has 1 aliphatic heterocycles. The lowest BCUT2D eigenvalue weighted by Gasteiger charge is -2.41. The highest BCUT2D eigenvalue weighted by Crippen LogP contribution is 2.45. The summed E-state index contributed by atoms with van der Waals surface area (Å²) in [5.74, 6) is -1.58. The zero-order chi connectivity index (χ0) is 21.7. The van der Waals surface area contributed by atoms with Gasteiger partial charge in [-0.2, -0.15) is 0 Å². The van der Waals surface area contributed by atoms with E-state index in [1.807, 2.05) is 6.07 Å². The van der Waals surface area contributed by atoms with Gasteiger partial charge in [-0.1, -0.05) is 26.0 Å². The third-order valence-corrected chi connectivity index (χ3v) is 7.58. The molecule has 3 N–H and O–H groups in total. The largest absolute Gasteiger partial charge is 0.478 e. The second kappa shape index (κ2) is 7.12. The summed E-state index contributed by atoms with van der Waals surface area (Å²) in [5.41, 5.74) is 2.93. The lowest BCUT2D eigenvalue weighted by atomic mass is 9.72. The van der Waals surface area contributed by atoms with Gasteiger partial charge in [0.2, 0.25) is 10.0 Å². The van der Waals surface area contributed by atoms with Gasteiger partial charge in [-0.15, -0.1) is 0 Å². The standard InChI is InChI=1S/C22H24N2O5S/c1-22(2)12-16-11-15(21(26)27)6-9-18(16)23-19(22)13-4-3-5-14(10-13)20(25)24-30(28,29)17-7-8-17/h3-6,9-11,17,19,23H,7-8,12H2,1-2H3,(H,24,25)(H,26,27). The zero-order valence-corrected chi connectivity index (χ0v) is 17.6. The molecule has 0 spiro atoms. The number of anilines is 1. The molecule has 1 unspecified atom stereocenters. The van der Waals surface area contributed by atoms with Crippen LogP contribution in [0.1, 0.15) is 64.6 Å². The van der Waals surface area contributed by atoms with Gasteiger partial charge in [0.05, 0.1) is 16.9 Å². The Hall–Kier alpha value is -2.87. The van der Waals surface area contributed by atoms with Crippen molar-refractivity contribution in [2.75, 3.05) is 5.32 Å². The highest BCUT2D eigenvalue weighted by atomic mass is 32.2. The van der Waals surface area contributed by atoms with Crippen LogP contribution in [0.15, 0.2) is 42.5 Å². The van der Waals surface area contributed by atoms with Gasteiger partial charge in [-0.3, -0.25) is 4.79 Å². The Bertz CT molecular complexity index is 1140. The van der Waals surface area contributed by atoms with Crippen LogP contribution in [0.5, 0.6) is 0 Å². The predicted molar refractivity (Wildman–Crippen MR) is 113 cm³/mol. The van der Waals surface area contributed by atoms with Crippen molar-refractivity contribution in [3.8, 4) is 0 Å². The monoisotopic (exact) mass is 428 g/mol. The van der Waals surface area contributed by atoms with E-state index < -0.39 is 27.1 Å². The Morgan fingerprint density at radius 3 is 2.50 bits per heavy atom. The number of aromatic carboxylic acids is 1. The van der Waals surface area contributed by atoms with Crippen LogP contribution in [0, 0.1) is 5.41 Å². The fourth-order valence-electron chi connectivity index (χ4n) is 4.00. The molecule has 2 aliphatic rings. The number of sulfonamides is 1. The molecule has 1 aliphatic carbocycles. The Kier molecular flexibility index (Phi) is 4.85. The number of benzene rings is 2. The predicted octanol–water partition coefficient (Wildman–Crippen LogP) is 3.34. The molecule has 0 aromatic heterocycles. The highest BCUT2D eigenvalue weighted by molar-refractivity contribution is 7.91. The number of rotatable bonds is 5. The molecule has 2 aromatic rings. The summed E-state index contributed by atoms with van der Waals surface area (Å²) in [6.45, 7) is 4.15. The summed E-state index contributed by atoms with van der Waals surface area (Å²) >= 11 is 0. The molecular weight excluding hydrogens is 404 g/mol. The van der Waals surface area contributed by atoms with Crippen LogP contribution in [-0.4, -0.2) is 30.7 Å². The van der Waals surface area contributed by atoms with Crippen molar-refractivity contribution in [3.05, 3.63) is 64.7 Å². The molecule has 1 saturated carbocycles. The van der Waals surface area contributed by atoms with Gasteiger partial charge >= 0.3 is 5.97 Å². The smallest absolute Gasteiger partial charge is 0.335 e. The SMILES string of the molecule is CC1(C)Cc2cc(C(=O)O)ccc2NC1c1cccc(C(=O)NS(=O)(=O)C2CC2)c1. The van der Waals surface area contributed by atoms with Crippen molar-refractivity contribution in [1.29, 1.82) is 0 Å². The minimum Gasteiger partial charge on any atom is -0.478 e. The number of carbonyl (C=O) groups excluding carboxylic acids is 1. The first-order valence-electron chi connectivity index (χ1n) is 9.85. The van der Waals surface area contributed by atoms with Crippen molar-refractivity contribution < 1.29 is 23.1 Å². The van der Waals surface area contributed by atoms with E-state index in [9.17, 15) is 23.1 Å². The molecule has 0 saturated heterocycles. The van der Waals surface area contributed by atoms with Gasteiger partial charge in [-0.25, -0.2) is 17.9 Å². The van der Waals surface area contributed by atoms with Crippen molar-refractivity contribution in [2.24, 2.45) is 5.41 Å². The molecule has 158 valence electrons. The van der Waals surface area contributed by atoms with E-state index >= 15 is 0 Å². The number of carboxylic acid groups (broad SMARTS) is 1. The Balaban J connectivity index is 1.61. The fourth-order valence-corrected chi connectivity index (χ4v) is 5.30. The molecule has 1 heterocycles. The lowest BCUT2D eigenvalue weighted by molar-refractivity contribution is 0.0696. The van der Waals surface area contributed by atoms with Gasteiger partial charge < -0.3 is 10.4 Å². The summed E-state index contributed by atoms with van der Waals surface area (Å²) < 4.78 is 26.4. The number of carbonyl (C=O) groups is 2. The van der Waals surface area contributed by atoms with Crippen LogP contribution in [-0.2, 0) is 16.4 Å². The highest BCUT2D eigenvalue weighted by Gasteiger charge is 2.38. The first-order valence-corrected chi connectivity index (χ1v) is 11.4. The first-order chi connectivity index (χ1) is 14.1. The second-order valence-electron chi connectivity index (χ2n) is 8.72. The van der Waals surface area contributed by atoms with E-state index in [0.29, 0.717) is 24.8 Å².